The van der Waals surface area contributed by atoms with Crippen molar-refractivity contribution in [3.05, 3.63) is 94.8 Å². The average molecular weight is 483 g/mol. The molecule has 5 rings (SSSR count). The molecular weight excluding hydrogens is 460 g/mol. The van der Waals surface area contributed by atoms with Gasteiger partial charge in [-0.3, -0.25) is 4.79 Å². The molecule has 5 aromatic rings. The second-order valence-corrected chi connectivity index (χ2v) is 8.95. The largest absolute Gasteiger partial charge is 0.438 e. The van der Waals surface area contributed by atoms with Crippen LogP contribution in [0.5, 0.6) is 11.6 Å². The van der Waals surface area contributed by atoms with Gasteiger partial charge in [-0.2, -0.15) is 5.10 Å². The van der Waals surface area contributed by atoms with Crippen molar-refractivity contribution in [1.82, 2.24) is 25.0 Å². The molecule has 3 aromatic heterocycles. The summed E-state index contributed by atoms with van der Waals surface area (Å²) in [6.45, 7) is 5.74. The molecule has 0 radical (unpaired) electrons. The first kappa shape index (κ1) is 22.4. The van der Waals surface area contributed by atoms with Crippen molar-refractivity contribution in [2.75, 3.05) is 5.32 Å². The third-order valence-corrected chi connectivity index (χ3v) is 6.42. The number of rotatable bonds is 6. The number of amides is 1. The summed E-state index contributed by atoms with van der Waals surface area (Å²) >= 11 is 1.38. The maximum Gasteiger partial charge on any atom is 0.267 e. The lowest BCUT2D eigenvalue weighted by atomic mass is 10.2. The van der Waals surface area contributed by atoms with Gasteiger partial charge in [-0.25, -0.2) is 9.67 Å². The van der Waals surface area contributed by atoms with Crippen LogP contribution in [0.1, 0.15) is 26.8 Å². The molecule has 0 fully saturated rings. The SMILES string of the molecule is Cc1cc(C)n(-c2ccc(Oc3ccc(NC(=O)c4sc(-c5ccccc5)nc4C)cc3)nn2)n1. The Morgan fingerprint density at radius 1 is 0.943 bits per heavy atom. The van der Waals surface area contributed by atoms with E-state index in [0.29, 0.717) is 33.7 Å². The van der Waals surface area contributed by atoms with Crippen LogP contribution in [-0.2, 0) is 0 Å². The number of carbonyl (C=O) groups excluding carboxylic acids is 1. The molecule has 8 nitrogen and oxygen atoms in total. The third-order valence-electron chi connectivity index (χ3n) is 5.21. The molecule has 1 amide bonds. The lowest BCUT2D eigenvalue weighted by Crippen LogP contribution is -2.11. The van der Waals surface area contributed by atoms with Gasteiger partial charge in [0.05, 0.1) is 11.4 Å². The van der Waals surface area contributed by atoms with Gasteiger partial charge < -0.3 is 10.1 Å². The van der Waals surface area contributed by atoms with E-state index in [-0.39, 0.29) is 5.91 Å². The highest BCUT2D eigenvalue weighted by molar-refractivity contribution is 7.17. The summed E-state index contributed by atoms with van der Waals surface area (Å²) in [4.78, 5) is 18.0. The van der Waals surface area contributed by atoms with Crippen LogP contribution in [0.15, 0.2) is 72.8 Å². The maximum absolute atomic E-state index is 12.8. The molecule has 35 heavy (non-hydrogen) atoms. The van der Waals surface area contributed by atoms with Crippen molar-refractivity contribution in [2.24, 2.45) is 0 Å². The van der Waals surface area contributed by atoms with Crippen LogP contribution in [0.2, 0.25) is 0 Å². The zero-order chi connectivity index (χ0) is 24.4. The van der Waals surface area contributed by atoms with Gasteiger partial charge in [-0.15, -0.1) is 21.5 Å². The number of nitrogens with zero attached hydrogens (tertiary/aromatic N) is 5. The number of benzene rings is 2. The van der Waals surface area contributed by atoms with Gasteiger partial charge in [0.1, 0.15) is 15.6 Å². The van der Waals surface area contributed by atoms with Crippen LogP contribution in [0.25, 0.3) is 16.4 Å². The number of anilines is 1. The quantitative estimate of drug-likeness (QED) is 0.331. The number of ether oxygens (including phenoxy) is 1. The molecule has 0 aliphatic carbocycles. The monoisotopic (exact) mass is 482 g/mol. The lowest BCUT2D eigenvalue weighted by Gasteiger charge is -2.08. The highest BCUT2D eigenvalue weighted by atomic mass is 32.1. The molecule has 0 unspecified atom stereocenters. The summed E-state index contributed by atoms with van der Waals surface area (Å²) in [5, 5.41) is 16.5. The number of carbonyl (C=O) groups is 1. The van der Waals surface area contributed by atoms with Gasteiger partial charge in [0.2, 0.25) is 5.88 Å². The summed E-state index contributed by atoms with van der Waals surface area (Å²) in [6.07, 6.45) is 0. The number of hydrogen-bond donors (Lipinski definition) is 1. The predicted octanol–water partition coefficient (Wildman–Crippen LogP) is 5.76. The molecule has 3 heterocycles. The molecule has 9 heteroatoms. The van der Waals surface area contributed by atoms with Crippen molar-refractivity contribution in [3.8, 4) is 28.0 Å². The van der Waals surface area contributed by atoms with Crippen LogP contribution in [0, 0.1) is 20.8 Å². The molecule has 0 aliphatic heterocycles. The summed E-state index contributed by atoms with van der Waals surface area (Å²) in [5.41, 5.74) is 4.25. The van der Waals surface area contributed by atoms with Crippen molar-refractivity contribution in [2.45, 2.75) is 20.8 Å². The molecule has 0 spiro atoms. The Kier molecular flexibility index (Phi) is 6.07. The standard InChI is InChI=1S/C26H22N6O2S/c1-16-15-17(2)32(31-16)22-13-14-23(30-29-22)34-21-11-9-20(10-12-21)28-25(33)24-18(3)27-26(35-24)19-7-5-4-6-8-19/h4-15H,1-3H3,(H,28,33). The zero-order valence-corrected chi connectivity index (χ0v) is 20.2. The Morgan fingerprint density at radius 2 is 1.71 bits per heavy atom. The van der Waals surface area contributed by atoms with Gasteiger partial charge in [0.25, 0.3) is 5.91 Å². The van der Waals surface area contributed by atoms with Crippen molar-refractivity contribution < 1.29 is 9.53 Å². The van der Waals surface area contributed by atoms with Crippen LogP contribution in [0.3, 0.4) is 0 Å². The van der Waals surface area contributed by atoms with E-state index in [0.717, 1.165) is 22.0 Å². The normalized spacial score (nSPS) is 10.8. The lowest BCUT2D eigenvalue weighted by molar-refractivity contribution is 0.103. The maximum atomic E-state index is 12.8. The molecule has 0 saturated heterocycles. The summed E-state index contributed by atoms with van der Waals surface area (Å²) in [6, 6.07) is 22.4. The number of aryl methyl sites for hydroxylation is 3. The van der Waals surface area contributed by atoms with Crippen molar-refractivity contribution >= 4 is 22.9 Å². The zero-order valence-electron chi connectivity index (χ0n) is 19.4. The predicted molar refractivity (Wildman–Crippen MR) is 135 cm³/mol. The van der Waals surface area contributed by atoms with E-state index in [4.69, 9.17) is 4.74 Å². The Labute approximate surface area is 206 Å². The number of hydrogen-bond acceptors (Lipinski definition) is 7. The highest BCUT2D eigenvalue weighted by Crippen LogP contribution is 2.29. The van der Waals surface area contributed by atoms with Gasteiger partial charge in [0, 0.05) is 23.0 Å². The minimum absolute atomic E-state index is 0.193. The topological polar surface area (TPSA) is 94.8 Å². The Bertz CT molecular complexity index is 1480. The van der Waals surface area contributed by atoms with Gasteiger partial charge >= 0.3 is 0 Å². The van der Waals surface area contributed by atoms with E-state index in [1.54, 1.807) is 41.1 Å². The van der Waals surface area contributed by atoms with E-state index in [1.807, 2.05) is 57.2 Å². The number of nitrogens with one attached hydrogen (secondary N) is 1. The van der Waals surface area contributed by atoms with E-state index in [9.17, 15) is 4.79 Å². The van der Waals surface area contributed by atoms with Gasteiger partial charge in [-0.05, 0) is 57.2 Å². The second-order valence-electron chi connectivity index (χ2n) is 7.95. The molecule has 1 N–H and O–H groups in total. The summed E-state index contributed by atoms with van der Waals surface area (Å²) in [5.74, 6) is 1.37. The van der Waals surface area contributed by atoms with Crippen LogP contribution in [-0.4, -0.2) is 30.9 Å². The Morgan fingerprint density at radius 3 is 2.37 bits per heavy atom. The summed E-state index contributed by atoms with van der Waals surface area (Å²) in [7, 11) is 0. The fourth-order valence-electron chi connectivity index (χ4n) is 3.57. The van der Waals surface area contributed by atoms with E-state index < -0.39 is 0 Å². The van der Waals surface area contributed by atoms with Gasteiger partial charge in [-0.1, -0.05) is 30.3 Å². The Balaban J connectivity index is 1.24. The van der Waals surface area contributed by atoms with Gasteiger partial charge in [0.15, 0.2) is 5.82 Å². The fraction of sp³-hybridized carbons (Fsp3) is 0.115. The van der Waals surface area contributed by atoms with E-state index >= 15 is 0 Å². The molecule has 0 atom stereocenters. The minimum atomic E-state index is -0.193. The minimum Gasteiger partial charge on any atom is -0.438 e. The highest BCUT2D eigenvalue weighted by Gasteiger charge is 2.16. The number of thiazole rings is 1. The first-order chi connectivity index (χ1) is 17.0. The first-order valence-corrected chi connectivity index (χ1v) is 11.8. The summed E-state index contributed by atoms with van der Waals surface area (Å²) < 4.78 is 7.53. The fourth-order valence-corrected chi connectivity index (χ4v) is 4.53. The molecule has 0 saturated carbocycles. The molecule has 174 valence electrons. The first-order valence-electron chi connectivity index (χ1n) is 11.0. The number of aromatic nitrogens is 5. The Hall–Kier alpha value is -4.37. The van der Waals surface area contributed by atoms with E-state index in [2.05, 4.69) is 25.6 Å². The van der Waals surface area contributed by atoms with Crippen LogP contribution >= 0.6 is 11.3 Å². The van der Waals surface area contributed by atoms with Crippen molar-refractivity contribution in [1.29, 1.82) is 0 Å². The van der Waals surface area contributed by atoms with E-state index in [1.165, 1.54) is 11.3 Å². The molecule has 0 bridgehead atoms. The smallest absolute Gasteiger partial charge is 0.267 e. The molecular formula is C26H22N6O2S. The van der Waals surface area contributed by atoms with Crippen LogP contribution in [0.4, 0.5) is 5.69 Å². The molecule has 2 aromatic carbocycles. The third kappa shape index (κ3) is 4.95. The average Bonchev–Trinajstić information content (AvgIpc) is 3.42. The second kappa shape index (κ2) is 9.47. The van der Waals surface area contributed by atoms with Crippen LogP contribution < -0.4 is 10.1 Å². The molecule has 0 aliphatic rings. The van der Waals surface area contributed by atoms with Crippen molar-refractivity contribution in [3.63, 3.8) is 0 Å².